The second-order valence-corrected chi connectivity index (χ2v) is 12.3. The van der Waals surface area contributed by atoms with Crippen LogP contribution in [-0.2, 0) is 32.5 Å². The van der Waals surface area contributed by atoms with Crippen LogP contribution in [-0.4, -0.2) is 41.8 Å². The molecule has 12 heteroatoms. The summed E-state index contributed by atoms with van der Waals surface area (Å²) in [6.45, 7) is 3.81. The molecule has 44 heavy (non-hydrogen) atoms. The molecule has 3 N–H and O–H groups in total. The number of rotatable bonds is 13. The van der Waals surface area contributed by atoms with Gasteiger partial charge in [-0.15, -0.1) is 0 Å². The summed E-state index contributed by atoms with van der Waals surface area (Å²) in [6, 6.07) is 20.4. The van der Waals surface area contributed by atoms with E-state index in [-0.39, 0.29) is 60.5 Å². The van der Waals surface area contributed by atoms with Crippen molar-refractivity contribution in [2.45, 2.75) is 44.0 Å². The van der Waals surface area contributed by atoms with E-state index >= 15 is 0 Å². The van der Waals surface area contributed by atoms with Gasteiger partial charge in [0.15, 0.2) is 5.76 Å². The van der Waals surface area contributed by atoms with Crippen LogP contribution in [0.5, 0.6) is 0 Å². The summed E-state index contributed by atoms with van der Waals surface area (Å²) in [7, 11) is -4.66. The first kappa shape index (κ1) is 35.2. The van der Waals surface area contributed by atoms with Gasteiger partial charge in [-0.25, -0.2) is 13.9 Å². The molecule has 1 unspecified atom stereocenters. The number of fused-ring (bicyclic) bond motifs is 1. The molecule has 1 aromatic heterocycles. The molecule has 0 aliphatic heterocycles. The number of hydrogen-bond acceptors (Lipinski definition) is 8. The maximum absolute atomic E-state index is 13.9. The summed E-state index contributed by atoms with van der Waals surface area (Å²) in [5, 5.41) is 14.4. The Hall–Kier alpha value is -3.32. The van der Waals surface area contributed by atoms with Crippen LogP contribution >= 0.6 is 0 Å². The third-order valence-corrected chi connectivity index (χ3v) is 8.16. The van der Waals surface area contributed by atoms with Crippen molar-refractivity contribution < 1.29 is 66.5 Å². The van der Waals surface area contributed by atoms with Crippen LogP contribution in [0.1, 0.15) is 41.9 Å². The molecule has 0 fully saturated rings. The van der Waals surface area contributed by atoms with E-state index in [1.807, 2.05) is 56.3 Å². The Labute approximate surface area is 278 Å². The Morgan fingerprint density at radius 1 is 0.841 bits per heavy atom. The smallest absolute Gasteiger partial charge is 0.744 e. The van der Waals surface area contributed by atoms with Gasteiger partial charge < -0.3 is 14.3 Å². The molecule has 0 aliphatic carbocycles. The first-order valence-corrected chi connectivity index (χ1v) is 15.2. The van der Waals surface area contributed by atoms with Gasteiger partial charge >= 0.3 is 29.6 Å². The van der Waals surface area contributed by atoms with Gasteiger partial charge in [0.25, 0.3) is 0 Å². The van der Waals surface area contributed by atoms with Gasteiger partial charge in [-0.2, -0.15) is 0 Å². The van der Waals surface area contributed by atoms with Gasteiger partial charge in [0.05, 0.1) is 29.0 Å². The van der Waals surface area contributed by atoms with Gasteiger partial charge in [0.1, 0.15) is 10.1 Å². The van der Waals surface area contributed by atoms with E-state index in [1.54, 1.807) is 5.48 Å². The SMILES string of the molecule is CC(C)C[C@@H](C(=O)N[C@@H](Cc1ccc(S(=O)(=O)[O-])cc1)C(=O)c1ccco1)C(Cc1ccc2ccccc2c1)C(=O)NO.[Na+]. The molecule has 2 amide bonds. The zero-order valence-corrected chi connectivity index (χ0v) is 27.5. The minimum Gasteiger partial charge on any atom is -0.744 e. The monoisotopic (exact) mass is 628 g/mol. The van der Waals surface area contributed by atoms with E-state index in [2.05, 4.69) is 5.32 Å². The maximum atomic E-state index is 13.9. The average molecular weight is 629 g/mol. The molecule has 0 aliphatic rings. The van der Waals surface area contributed by atoms with Crippen molar-refractivity contribution in [2.75, 3.05) is 0 Å². The molecule has 4 aromatic rings. The van der Waals surface area contributed by atoms with Crippen LogP contribution in [0.15, 0.2) is 94.4 Å². The number of carbonyl (C=O) groups excluding carboxylic acids is 3. The quantitative estimate of drug-likeness (QED) is 0.0655. The molecule has 3 aromatic carbocycles. The fourth-order valence-corrected chi connectivity index (χ4v) is 5.66. The van der Waals surface area contributed by atoms with Crippen LogP contribution in [0.25, 0.3) is 10.8 Å². The molecular weight excluding hydrogens is 595 g/mol. The largest absolute Gasteiger partial charge is 1.00 e. The third kappa shape index (κ3) is 9.10. The second kappa shape index (κ2) is 15.6. The molecule has 0 radical (unpaired) electrons. The Kier molecular flexibility index (Phi) is 12.5. The van der Waals surface area contributed by atoms with Gasteiger partial charge in [-0.3, -0.25) is 19.6 Å². The van der Waals surface area contributed by atoms with Crippen molar-refractivity contribution in [1.82, 2.24) is 10.8 Å². The summed E-state index contributed by atoms with van der Waals surface area (Å²) in [4.78, 5) is 39.9. The summed E-state index contributed by atoms with van der Waals surface area (Å²) < 4.78 is 39.3. The molecule has 10 nitrogen and oxygen atoms in total. The zero-order valence-electron chi connectivity index (χ0n) is 24.7. The van der Waals surface area contributed by atoms with Crippen LogP contribution in [0, 0.1) is 17.8 Å². The van der Waals surface area contributed by atoms with Crippen molar-refractivity contribution in [3.63, 3.8) is 0 Å². The minimum absolute atomic E-state index is 0. The third-order valence-electron chi connectivity index (χ3n) is 7.31. The number of hydroxylamine groups is 1. The van der Waals surface area contributed by atoms with Crippen LogP contribution in [0.2, 0.25) is 0 Å². The molecule has 0 saturated carbocycles. The van der Waals surface area contributed by atoms with Crippen molar-refractivity contribution in [1.29, 1.82) is 0 Å². The normalized spacial score (nSPS) is 13.5. The van der Waals surface area contributed by atoms with E-state index in [9.17, 15) is 32.6 Å². The average Bonchev–Trinajstić information content (AvgIpc) is 3.52. The number of carbonyl (C=O) groups is 3. The molecule has 0 bridgehead atoms. The van der Waals surface area contributed by atoms with E-state index in [0.717, 1.165) is 28.5 Å². The fourth-order valence-electron chi connectivity index (χ4n) is 5.19. The standard InChI is InChI=1S/C32H34N2O8S.Na/c1-20(2)16-26(27(32(37)34-38)18-22-9-12-23-6-3-4-7-24(23)17-22)31(36)33-28(30(35)29-8-5-15-42-29)19-21-10-13-25(14-11-21)43(39,40)41;/h3-15,17,20,26-28,38H,16,18-19H2,1-2H3,(H,33,36)(H,34,37)(H,39,40,41);/q;+1/p-1/t26-,27?,28+;/m1./s1. The van der Waals surface area contributed by atoms with E-state index < -0.39 is 50.5 Å². The summed E-state index contributed by atoms with van der Waals surface area (Å²) in [5.41, 5.74) is 2.99. The van der Waals surface area contributed by atoms with Crippen LogP contribution in [0.3, 0.4) is 0 Å². The number of amides is 2. The van der Waals surface area contributed by atoms with Crippen LogP contribution in [0.4, 0.5) is 0 Å². The van der Waals surface area contributed by atoms with E-state index in [1.165, 1.54) is 30.5 Å². The van der Waals surface area contributed by atoms with E-state index in [4.69, 9.17) is 4.42 Å². The number of nitrogens with one attached hydrogen (secondary N) is 2. The Morgan fingerprint density at radius 2 is 1.50 bits per heavy atom. The first-order valence-electron chi connectivity index (χ1n) is 13.8. The molecule has 3 atom stereocenters. The first-order chi connectivity index (χ1) is 20.5. The van der Waals surface area contributed by atoms with Gasteiger partial charge in [-0.1, -0.05) is 68.4 Å². The summed E-state index contributed by atoms with van der Waals surface area (Å²) in [5.74, 6) is -3.70. The number of benzene rings is 3. The number of ketones is 1. The second-order valence-electron chi connectivity index (χ2n) is 10.9. The number of hydrogen-bond donors (Lipinski definition) is 3. The van der Waals surface area contributed by atoms with Crippen molar-refractivity contribution in [3.05, 3.63) is 102 Å². The maximum Gasteiger partial charge on any atom is 1.00 e. The number of Topliss-reactive ketones (excluding diaryl/α,β-unsaturated/α-hetero) is 1. The Bertz CT molecular complexity index is 1690. The van der Waals surface area contributed by atoms with Crippen molar-refractivity contribution in [2.24, 2.45) is 17.8 Å². The van der Waals surface area contributed by atoms with Crippen molar-refractivity contribution in [3.8, 4) is 0 Å². The summed E-state index contributed by atoms with van der Waals surface area (Å²) >= 11 is 0. The minimum atomic E-state index is -4.66. The van der Waals surface area contributed by atoms with Gasteiger partial charge in [0.2, 0.25) is 17.6 Å². The van der Waals surface area contributed by atoms with Gasteiger partial charge in [0, 0.05) is 6.42 Å². The van der Waals surface area contributed by atoms with E-state index in [0.29, 0.717) is 5.56 Å². The summed E-state index contributed by atoms with van der Waals surface area (Å²) in [6.07, 6.45) is 1.73. The number of furan rings is 1. The zero-order chi connectivity index (χ0) is 31.1. The molecule has 1 heterocycles. The molecule has 4 rings (SSSR count). The molecule has 0 spiro atoms. The van der Waals surface area contributed by atoms with Crippen molar-refractivity contribution >= 4 is 38.5 Å². The topological polar surface area (TPSA) is 166 Å². The molecule has 226 valence electrons. The molecular formula is C32H33N2NaO8S. The van der Waals surface area contributed by atoms with Gasteiger partial charge in [-0.05, 0) is 64.9 Å². The predicted octanol–water partition coefficient (Wildman–Crippen LogP) is 1.28. The van der Waals surface area contributed by atoms with Crippen LogP contribution < -0.4 is 40.4 Å². The Balaban J connectivity index is 0.00000529. The Morgan fingerprint density at radius 3 is 2.09 bits per heavy atom. The molecule has 0 saturated heterocycles. The fraction of sp³-hybridized carbons (Fsp3) is 0.281. The predicted molar refractivity (Wildman–Crippen MR) is 157 cm³/mol.